The van der Waals surface area contributed by atoms with E-state index in [2.05, 4.69) is 4.74 Å². The molecule has 0 rings (SSSR count). The van der Waals surface area contributed by atoms with E-state index in [4.69, 9.17) is 0 Å². The first-order chi connectivity index (χ1) is 6.37. The smallest absolute Gasteiger partial charge is 0.345 e. The number of hydrogen-bond donors (Lipinski definition) is 1. The highest BCUT2D eigenvalue weighted by molar-refractivity contribution is 5.79. The van der Waals surface area contributed by atoms with E-state index in [1.54, 1.807) is 6.92 Å². The number of carbonyl (C=O) groups excluding carboxylic acids is 1. The van der Waals surface area contributed by atoms with Crippen LogP contribution in [0.2, 0.25) is 0 Å². The summed E-state index contributed by atoms with van der Waals surface area (Å²) in [5.41, 5.74) is -2.06. The molecule has 0 saturated heterocycles. The van der Waals surface area contributed by atoms with Gasteiger partial charge >= 0.3 is 5.97 Å². The topological polar surface area (TPSA) is 89.7 Å². The molecule has 0 aromatic rings. The van der Waals surface area contributed by atoms with Gasteiger partial charge in [0.1, 0.15) is 0 Å². The van der Waals surface area contributed by atoms with Gasteiger partial charge in [0.15, 0.2) is 0 Å². The van der Waals surface area contributed by atoms with Gasteiger partial charge in [-0.2, -0.15) is 0 Å². The fraction of sp³-hybridized carbons (Fsp3) is 0.875. The summed E-state index contributed by atoms with van der Waals surface area (Å²) in [4.78, 5) is 21.0. The van der Waals surface area contributed by atoms with E-state index in [1.165, 1.54) is 6.92 Å². The van der Waals surface area contributed by atoms with Crippen LogP contribution in [0.3, 0.4) is 0 Å². The molecule has 0 unspecified atom stereocenters. The standard InChI is InChI=1S/C8H15NO5/c1-4-6(9(12)13)8(3,11)7(10)14-5-2/h6,11H,4-5H2,1-3H3/t6-,8+/m0/s1. The fourth-order valence-electron chi connectivity index (χ4n) is 1.17. The van der Waals surface area contributed by atoms with E-state index < -0.39 is 22.5 Å². The molecule has 82 valence electrons. The van der Waals surface area contributed by atoms with Crippen molar-refractivity contribution in [3.63, 3.8) is 0 Å². The zero-order valence-corrected chi connectivity index (χ0v) is 8.52. The molecule has 0 aromatic heterocycles. The minimum absolute atomic E-state index is 0.0683. The second-order valence-corrected chi connectivity index (χ2v) is 3.08. The third-order valence-electron chi connectivity index (χ3n) is 1.98. The summed E-state index contributed by atoms with van der Waals surface area (Å²) < 4.78 is 4.55. The van der Waals surface area contributed by atoms with Crippen LogP contribution in [0, 0.1) is 10.1 Å². The Bertz CT molecular complexity index is 226. The van der Waals surface area contributed by atoms with E-state index in [0.29, 0.717) is 0 Å². The van der Waals surface area contributed by atoms with Crippen LogP contribution in [0.4, 0.5) is 0 Å². The van der Waals surface area contributed by atoms with Crippen LogP contribution in [-0.4, -0.2) is 34.2 Å². The number of ether oxygens (including phenoxy) is 1. The van der Waals surface area contributed by atoms with E-state index >= 15 is 0 Å². The van der Waals surface area contributed by atoms with Crippen LogP contribution >= 0.6 is 0 Å². The minimum atomic E-state index is -2.06. The summed E-state index contributed by atoms with van der Waals surface area (Å²) in [5.74, 6) is -0.955. The van der Waals surface area contributed by atoms with E-state index in [0.717, 1.165) is 6.92 Å². The zero-order valence-electron chi connectivity index (χ0n) is 8.52. The van der Waals surface area contributed by atoms with Gasteiger partial charge in [0.05, 0.1) is 6.61 Å². The van der Waals surface area contributed by atoms with Crippen LogP contribution in [0.1, 0.15) is 27.2 Å². The average Bonchev–Trinajstić information content (AvgIpc) is 2.04. The SMILES string of the molecule is CCOC(=O)[C@](C)(O)[C@H](CC)[N+](=O)[O-]. The molecule has 6 heteroatoms. The van der Waals surface area contributed by atoms with Gasteiger partial charge in [-0.15, -0.1) is 0 Å². The lowest BCUT2D eigenvalue weighted by molar-refractivity contribution is -0.541. The maximum absolute atomic E-state index is 11.2. The Balaban J connectivity index is 4.71. The Morgan fingerprint density at radius 1 is 1.64 bits per heavy atom. The molecule has 6 nitrogen and oxygen atoms in total. The van der Waals surface area contributed by atoms with Gasteiger partial charge in [-0.3, -0.25) is 10.1 Å². The van der Waals surface area contributed by atoms with E-state index in [-0.39, 0.29) is 13.0 Å². The Labute approximate surface area is 82.0 Å². The van der Waals surface area contributed by atoms with Crippen molar-refractivity contribution >= 4 is 5.97 Å². The number of hydrogen-bond acceptors (Lipinski definition) is 5. The van der Waals surface area contributed by atoms with E-state index in [1.807, 2.05) is 0 Å². The summed E-state index contributed by atoms with van der Waals surface area (Å²) in [6.45, 7) is 4.29. The summed E-state index contributed by atoms with van der Waals surface area (Å²) in [6.07, 6.45) is 0.0683. The lowest BCUT2D eigenvalue weighted by Gasteiger charge is -2.23. The quantitative estimate of drug-likeness (QED) is 0.397. The molecule has 0 fully saturated rings. The highest BCUT2D eigenvalue weighted by Crippen LogP contribution is 2.17. The Hall–Kier alpha value is -1.17. The van der Waals surface area contributed by atoms with Gasteiger partial charge in [-0.25, -0.2) is 4.79 Å². The first-order valence-electron chi connectivity index (χ1n) is 4.41. The first kappa shape index (κ1) is 12.8. The second kappa shape index (κ2) is 4.90. The predicted octanol–water partition coefficient (Wildman–Crippen LogP) is 0.356. The summed E-state index contributed by atoms with van der Waals surface area (Å²) in [5, 5.41) is 20.2. The van der Waals surface area contributed by atoms with Crippen LogP contribution in [0.25, 0.3) is 0 Å². The van der Waals surface area contributed by atoms with Gasteiger partial charge in [0.2, 0.25) is 5.60 Å². The Morgan fingerprint density at radius 2 is 2.14 bits per heavy atom. The molecule has 0 heterocycles. The number of rotatable bonds is 5. The number of nitrogens with zero attached hydrogens (tertiary/aromatic N) is 1. The third-order valence-corrected chi connectivity index (χ3v) is 1.98. The molecule has 1 N–H and O–H groups in total. The van der Waals surface area contributed by atoms with Crippen molar-refractivity contribution in [1.82, 2.24) is 0 Å². The molecule has 0 aromatic carbocycles. The molecule has 0 aliphatic heterocycles. The molecule has 0 aliphatic rings. The highest BCUT2D eigenvalue weighted by atomic mass is 16.6. The van der Waals surface area contributed by atoms with Crippen molar-refractivity contribution in [3.05, 3.63) is 10.1 Å². The van der Waals surface area contributed by atoms with Gasteiger partial charge in [0, 0.05) is 11.3 Å². The lowest BCUT2D eigenvalue weighted by Crippen LogP contribution is -2.51. The van der Waals surface area contributed by atoms with Crippen LogP contribution in [0.5, 0.6) is 0 Å². The van der Waals surface area contributed by atoms with Crippen molar-refractivity contribution in [2.45, 2.75) is 38.8 Å². The summed E-state index contributed by atoms with van der Waals surface area (Å²) >= 11 is 0. The van der Waals surface area contributed by atoms with E-state index in [9.17, 15) is 20.0 Å². The number of carbonyl (C=O) groups is 1. The van der Waals surface area contributed by atoms with Crippen molar-refractivity contribution in [2.75, 3.05) is 6.61 Å². The number of esters is 1. The first-order valence-corrected chi connectivity index (χ1v) is 4.41. The Morgan fingerprint density at radius 3 is 2.43 bits per heavy atom. The molecule has 0 radical (unpaired) electrons. The fourth-order valence-corrected chi connectivity index (χ4v) is 1.17. The molecule has 0 amide bonds. The van der Waals surface area contributed by atoms with Gasteiger partial charge in [0.25, 0.3) is 6.04 Å². The van der Waals surface area contributed by atoms with Crippen LogP contribution in [-0.2, 0) is 9.53 Å². The molecule has 0 saturated carbocycles. The highest BCUT2D eigenvalue weighted by Gasteiger charge is 2.47. The maximum atomic E-state index is 11.2. The molecule has 2 atom stereocenters. The molecule has 14 heavy (non-hydrogen) atoms. The van der Waals surface area contributed by atoms with Crippen molar-refractivity contribution in [2.24, 2.45) is 0 Å². The minimum Gasteiger partial charge on any atom is -0.464 e. The van der Waals surface area contributed by atoms with Crippen LogP contribution < -0.4 is 0 Å². The van der Waals surface area contributed by atoms with Crippen molar-refractivity contribution < 1.29 is 19.6 Å². The second-order valence-electron chi connectivity index (χ2n) is 3.08. The van der Waals surface area contributed by atoms with Gasteiger partial charge < -0.3 is 9.84 Å². The zero-order chi connectivity index (χ0) is 11.4. The van der Waals surface area contributed by atoms with Gasteiger partial charge in [-0.1, -0.05) is 6.92 Å². The van der Waals surface area contributed by atoms with Gasteiger partial charge in [-0.05, 0) is 13.8 Å². The normalized spacial score (nSPS) is 16.9. The molecular formula is C8H15NO5. The Kier molecular flexibility index (Phi) is 4.49. The lowest BCUT2D eigenvalue weighted by atomic mass is 9.95. The number of nitro groups is 1. The summed E-state index contributed by atoms with van der Waals surface area (Å²) in [7, 11) is 0. The molecule has 0 bridgehead atoms. The number of aliphatic hydroxyl groups is 1. The van der Waals surface area contributed by atoms with Crippen molar-refractivity contribution in [3.8, 4) is 0 Å². The average molecular weight is 205 g/mol. The van der Waals surface area contributed by atoms with Crippen molar-refractivity contribution in [1.29, 1.82) is 0 Å². The monoisotopic (exact) mass is 205 g/mol. The molecule has 0 aliphatic carbocycles. The van der Waals surface area contributed by atoms with Crippen LogP contribution in [0.15, 0.2) is 0 Å². The molecule has 0 spiro atoms. The third kappa shape index (κ3) is 2.66. The molecular weight excluding hydrogens is 190 g/mol. The largest absolute Gasteiger partial charge is 0.464 e. The maximum Gasteiger partial charge on any atom is 0.345 e. The predicted molar refractivity (Wildman–Crippen MR) is 48.3 cm³/mol. The summed E-state index contributed by atoms with van der Waals surface area (Å²) in [6, 6.07) is -1.33.